The molecule has 3 atom stereocenters. The zero-order chi connectivity index (χ0) is 39.3. The normalized spacial score (nSPS) is 15.3. The summed E-state index contributed by atoms with van der Waals surface area (Å²) in [5.74, 6) is -0.293. The van der Waals surface area contributed by atoms with Crippen LogP contribution in [0.15, 0.2) is 121 Å². The molecule has 0 fully saturated rings. The fourth-order valence-corrected chi connectivity index (χ4v) is 18.2. The predicted octanol–water partition coefficient (Wildman–Crippen LogP) is 8.52. The molecule has 286 valence electrons. The molecule has 0 radical (unpaired) electrons. The van der Waals surface area contributed by atoms with Crippen molar-refractivity contribution >= 4 is 62.1 Å². The van der Waals surface area contributed by atoms with Gasteiger partial charge in [0.2, 0.25) is 0 Å². The fourth-order valence-electron chi connectivity index (χ4n) is 7.18. The van der Waals surface area contributed by atoms with E-state index < -0.39 is 48.9 Å². The summed E-state index contributed by atoms with van der Waals surface area (Å²) < 4.78 is 13.4. The molecule has 2 amide bonds. The Balaban J connectivity index is 1.92. The van der Waals surface area contributed by atoms with Crippen LogP contribution in [0.4, 0.5) is 4.79 Å². The van der Waals surface area contributed by atoms with Crippen molar-refractivity contribution < 1.29 is 18.8 Å². The van der Waals surface area contributed by atoms with Crippen molar-refractivity contribution in [3.8, 4) is 0 Å². The van der Waals surface area contributed by atoms with Crippen LogP contribution in [0, 0.1) is 5.41 Å². The molecule has 0 aliphatic carbocycles. The van der Waals surface area contributed by atoms with Gasteiger partial charge in [0.05, 0.1) is 0 Å². The molecule has 4 aromatic carbocycles. The van der Waals surface area contributed by atoms with E-state index in [4.69, 9.17) is 9.16 Å². The van der Waals surface area contributed by atoms with Crippen molar-refractivity contribution in [3.05, 3.63) is 121 Å². The number of alkyl carbamates (subject to hydrolysis) is 1. The Bertz CT molecular complexity index is 1720. The summed E-state index contributed by atoms with van der Waals surface area (Å²) in [7, 11) is -3.04. The van der Waals surface area contributed by atoms with Crippen LogP contribution in [-0.4, -0.2) is 56.9 Å². The molecule has 0 spiro atoms. The van der Waals surface area contributed by atoms with Crippen LogP contribution < -0.4 is 31.6 Å². The number of ether oxygens (including phenoxy) is 1. The van der Waals surface area contributed by atoms with Crippen LogP contribution >= 0.6 is 20.8 Å². The van der Waals surface area contributed by atoms with Gasteiger partial charge in [-0.2, -0.15) is 0 Å². The average Bonchev–Trinajstić information content (AvgIpc) is 3.09. The van der Waals surface area contributed by atoms with Gasteiger partial charge in [-0.05, 0) is 0 Å². The van der Waals surface area contributed by atoms with E-state index in [1.165, 1.54) is 10.6 Å². The van der Waals surface area contributed by atoms with Gasteiger partial charge < -0.3 is 0 Å². The quantitative estimate of drug-likeness (QED) is 0.111. The van der Waals surface area contributed by atoms with E-state index in [1.807, 2.05) is 65.8 Å². The number of benzene rings is 4. The third-order valence-electron chi connectivity index (χ3n) is 9.94. The van der Waals surface area contributed by atoms with Crippen molar-refractivity contribution in [2.24, 2.45) is 5.41 Å². The van der Waals surface area contributed by atoms with E-state index in [9.17, 15) is 9.59 Å². The summed E-state index contributed by atoms with van der Waals surface area (Å²) >= 11 is 4.47. The Morgan fingerprint density at radius 1 is 0.679 bits per heavy atom. The van der Waals surface area contributed by atoms with Gasteiger partial charge >= 0.3 is 329 Å². The molecule has 4 aromatic rings. The summed E-state index contributed by atoms with van der Waals surface area (Å²) in [5.41, 5.74) is -1.34. The second kappa shape index (κ2) is 16.2. The number of rotatable bonds is 12. The molecule has 9 heteroatoms. The van der Waals surface area contributed by atoms with Gasteiger partial charge in [-0.15, -0.1) is 0 Å². The summed E-state index contributed by atoms with van der Waals surface area (Å²) in [6.45, 7) is 22.5. The molecule has 53 heavy (non-hydrogen) atoms. The van der Waals surface area contributed by atoms with Crippen LogP contribution in [0.5, 0.6) is 0 Å². The van der Waals surface area contributed by atoms with Gasteiger partial charge in [0.1, 0.15) is 0 Å². The Morgan fingerprint density at radius 3 is 1.43 bits per heavy atom. The van der Waals surface area contributed by atoms with Gasteiger partial charge in [0.25, 0.3) is 0 Å². The minimum atomic E-state index is -3.22. The number of nitrogens with one attached hydrogen (secondary N) is 2. The number of carbonyl (C=O) groups is 2. The van der Waals surface area contributed by atoms with E-state index >= 15 is 0 Å². The molecule has 2 unspecified atom stereocenters. The van der Waals surface area contributed by atoms with Crippen molar-refractivity contribution in [2.75, 3.05) is 12.8 Å². The van der Waals surface area contributed by atoms with E-state index in [2.05, 4.69) is 158 Å². The van der Waals surface area contributed by atoms with Crippen molar-refractivity contribution in [1.29, 1.82) is 0 Å². The van der Waals surface area contributed by atoms with Crippen LogP contribution in [0.1, 0.15) is 69.2 Å². The Morgan fingerprint density at radius 2 is 1.08 bits per heavy atom. The Labute approximate surface area is 327 Å². The third kappa shape index (κ3) is 9.88. The van der Waals surface area contributed by atoms with Crippen LogP contribution in [-0.2, 0) is 14.0 Å². The van der Waals surface area contributed by atoms with E-state index in [0.717, 1.165) is 10.4 Å². The molecule has 0 saturated carbocycles. The molecular formula is C44H60BrN2O4PSi. The maximum absolute atomic E-state index is 14.7. The molecule has 0 aliphatic rings. The van der Waals surface area contributed by atoms with Crippen LogP contribution in [0.25, 0.3) is 0 Å². The second-order valence-corrected chi connectivity index (χ2v) is 32.3. The molecule has 0 heterocycles. The van der Waals surface area contributed by atoms with Crippen molar-refractivity contribution in [2.45, 2.75) is 98.1 Å². The fraction of sp³-hybridized carbons (Fsp3) is 0.409. The number of hydrogen-bond donors (Lipinski definition) is 2. The molecule has 0 aromatic heterocycles. The third-order valence-corrected chi connectivity index (χ3v) is 22.9. The monoisotopic (exact) mass is 818 g/mol. The Hall–Kier alpha value is -3.29. The second-order valence-electron chi connectivity index (χ2n) is 17.5. The van der Waals surface area contributed by atoms with Crippen molar-refractivity contribution in [3.63, 3.8) is 0 Å². The summed E-state index contributed by atoms with van der Waals surface area (Å²) in [6, 6.07) is 40.8. The van der Waals surface area contributed by atoms with Gasteiger partial charge in [-0.1, -0.05) is 0 Å². The van der Waals surface area contributed by atoms with Gasteiger partial charge in [-0.25, -0.2) is 0 Å². The number of amides is 2. The first-order chi connectivity index (χ1) is 24.6. The van der Waals surface area contributed by atoms with Crippen LogP contribution in [0.2, 0.25) is 5.04 Å². The summed E-state index contributed by atoms with van der Waals surface area (Å²) in [4.78, 5) is 27.9. The SMILES string of the molecule is CC(O[Si](c1ccccc1)(c1ccccc1)C(C)(C)C)[C@@H](CP(C)(Br)(c1ccccc1)c1ccccc1)NC(=O)C(NC(=O)OC(C)(C)C)C(C)(C)C. The van der Waals surface area contributed by atoms with E-state index in [1.54, 1.807) is 0 Å². The summed E-state index contributed by atoms with van der Waals surface area (Å²) in [5, 5.41) is 7.55. The number of halogens is 1. The maximum atomic E-state index is 14.7. The molecule has 6 nitrogen and oxygen atoms in total. The van der Waals surface area contributed by atoms with Gasteiger partial charge in [0.15, 0.2) is 0 Å². The molecular weight excluding hydrogens is 759 g/mol. The first-order valence-corrected chi connectivity index (χ1v) is 25.3. The minimum absolute atomic E-state index is 0.282. The molecule has 0 bridgehead atoms. The van der Waals surface area contributed by atoms with Gasteiger partial charge in [0, 0.05) is 0 Å². The van der Waals surface area contributed by atoms with Crippen molar-refractivity contribution in [1.82, 2.24) is 10.6 Å². The first-order valence-electron chi connectivity index (χ1n) is 18.5. The predicted molar refractivity (Wildman–Crippen MR) is 232 cm³/mol. The first kappa shape index (κ1) is 42.4. The molecule has 0 saturated heterocycles. The zero-order valence-electron chi connectivity index (χ0n) is 33.4. The number of hydrogen-bond acceptors (Lipinski definition) is 4. The topological polar surface area (TPSA) is 76.7 Å². The number of carbonyl (C=O) groups excluding carboxylic acids is 2. The standard InChI is InChI=1S/C44H60BrN2O4PSi/c1-33(51-53(44(8,9)10,36-28-20-14-21-29-36)37-30-22-15-23-31-37)38(46-40(48)39(42(2,3)4)47-41(49)50-43(5,6)7)32-52(11,45,34-24-16-12-17-25-34)35-26-18-13-19-27-35/h12-31,33,38-39H,32H2,1-11H3,(H,46,48)(H,47,49)/t33?,38-,39?/m1/s1. The molecule has 0 aliphatic heterocycles. The zero-order valence-corrected chi connectivity index (χ0v) is 36.9. The van der Waals surface area contributed by atoms with E-state index in [-0.39, 0.29) is 10.9 Å². The molecule has 4 rings (SSSR count). The summed E-state index contributed by atoms with van der Waals surface area (Å²) in [6.07, 6.45) is -0.544. The van der Waals surface area contributed by atoms with Gasteiger partial charge in [-0.3, -0.25) is 0 Å². The average molecular weight is 820 g/mol. The van der Waals surface area contributed by atoms with E-state index in [0.29, 0.717) is 6.16 Å². The van der Waals surface area contributed by atoms with Crippen LogP contribution in [0.3, 0.4) is 0 Å². The Kier molecular flexibility index (Phi) is 13.0. The molecule has 2 N–H and O–H groups in total.